The molecule has 0 aliphatic carbocycles. The molecule has 6 nitrogen and oxygen atoms in total. The molecule has 3 N–H and O–H groups in total. The van der Waals surface area contributed by atoms with Gasteiger partial charge >= 0.3 is 0 Å². The van der Waals surface area contributed by atoms with Gasteiger partial charge in [0.05, 0.1) is 17.3 Å². The van der Waals surface area contributed by atoms with E-state index in [-0.39, 0.29) is 0 Å². The second-order valence-corrected chi connectivity index (χ2v) is 4.53. The van der Waals surface area contributed by atoms with Gasteiger partial charge in [-0.1, -0.05) is 22.8 Å². The number of aromatic amines is 1. The van der Waals surface area contributed by atoms with Gasteiger partial charge in [0.1, 0.15) is 17.8 Å². The minimum Gasteiger partial charge on any atom is -0.411 e. The van der Waals surface area contributed by atoms with Crippen molar-refractivity contribution in [3.8, 4) is 0 Å². The lowest BCUT2D eigenvalue weighted by Crippen LogP contribution is -1.94. The Morgan fingerprint density at radius 1 is 1.30 bits per heavy atom. The molecule has 7 heteroatoms. The molecule has 3 rings (SSSR count). The lowest BCUT2D eigenvalue weighted by molar-refractivity contribution is 0.321. The van der Waals surface area contributed by atoms with Crippen LogP contribution in [-0.4, -0.2) is 26.4 Å². The molecule has 2 aromatic heterocycles. The number of hydrogen-bond acceptors (Lipinski definition) is 5. The van der Waals surface area contributed by atoms with Crippen LogP contribution in [0.25, 0.3) is 11.0 Å². The van der Waals surface area contributed by atoms with Crippen LogP contribution in [0.1, 0.15) is 5.69 Å². The highest BCUT2D eigenvalue weighted by Crippen LogP contribution is 2.24. The van der Waals surface area contributed by atoms with Crippen LogP contribution in [0.4, 0.5) is 11.5 Å². The van der Waals surface area contributed by atoms with E-state index in [0.717, 1.165) is 11.1 Å². The summed E-state index contributed by atoms with van der Waals surface area (Å²) in [7, 11) is 0. The molecular formula is C13H10ClN5O. The Bertz CT molecular complexity index is 783. The van der Waals surface area contributed by atoms with E-state index in [4.69, 9.17) is 16.8 Å². The maximum atomic E-state index is 8.56. The monoisotopic (exact) mass is 287 g/mol. The van der Waals surface area contributed by atoms with Crippen molar-refractivity contribution in [2.24, 2.45) is 5.16 Å². The molecule has 0 spiro atoms. The van der Waals surface area contributed by atoms with E-state index in [9.17, 15) is 0 Å². The largest absolute Gasteiger partial charge is 0.411 e. The molecule has 0 amide bonds. The van der Waals surface area contributed by atoms with Crippen LogP contribution in [0.5, 0.6) is 0 Å². The highest BCUT2D eigenvalue weighted by Gasteiger charge is 2.07. The summed E-state index contributed by atoms with van der Waals surface area (Å²) in [6, 6.07) is 9.14. The van der Waals surface area contributed by atoms with Crippen molar-refractivity contribution in [3.05, 3.63) is 47.4 Å². The van der Waals surface area contributed by atoms with Crippen molar-refractivity contribution in [1.29, 1.82) is 0 Å². The van der Waals surface area contributed by atoms with E-state index < -0.39 is 0 Å². The molecule has 0 atom stereocenters. The predicted octanol–water partition coefficient (Wildman–Crippen LogP) is 3.16. The summed E-state index contributed by atoms with van der Waals surface area (Å²) in [5.74, 6) is 0.645. The first kappa shape index (κ1) is 12.4. The number of benzene rings is 1. The van der Waals surface area contributed by atoms with Gasteiger partial charge in [-0.2, -0.15) is 0 Å². The first-order valence-corrected chi connectivity index (χ1v) is 6.18. The lowest BCUT2D eigenvalue weighted by atomic mass is 10.3. The van der Waals surface area contributed by atoms with Crippen molar-refractivity contribution in [3.63, 3.8) is 0 Å². The van der Waals surface area contributed by atoms with E-state index in [1.165, 1.54) is 12.5 Å². The summed E-state index contributed by atoms with van der Waals surface area (Å²) in [5, 5.41) is 16.2. The average Bonchev–Trinajstić information content (AvgIpc) is 2.83. The highest BCUT2D eigenvalue weighted by molar-refractivity contribution is 6.30. The van der Waals surface area contributed by atoms with Crippen LogP contribution in [-0.2, 0) is 0 Å². The SMILES string of the molecule is O/N=C/c1cc2c(Nc3cccc(Cl)c3)ncnc2[nH]1. The van der Waals surface area contributed by atoms with Gasteiger partial charge in [0.15, 0.2) is 0 Å². The van der Waals surface area contributed by atoms with Crippen molar-refractivity contribution in [1.82, 2.24) is 15.0 Å². The smallest absolute Gasteiger partial charge is 0.143 e. The fourth-order valence-corrected chi connectivity index (χ4v) is 2.08. The maximum Gasteiger partial charge on any atom is 0.143 e. The minimum atomic E-state index is 0.636. The number of nitrogens with zero attached hydrogens (tertiary/aromatic N) is 3. The van der Waals surface area contributed by atoms with Gasteiger partial charge in [-0.25, -0.2) is 9.97 Å². The van der Waals surface area contributed by atoms with Crippen LogP contribution < -0.4 is 5.32 Å². The normalized spacial score (nSPS) is 11.2. The summed E-state index contributed by atoms with van der Waals surface area (Å²) in [5.41, 5.74) is 2.12. The first-order valence-electron chi connectivity index (χ1n) is 5.80. The molecule has 0 saturated carbocycles. The Balaban J connectivity index is 2.02. The number of oxime groups is 1. The molecule has 0 fully saturated rings. The Morgan fingerprint density at radius 2 is 2.20 bits per heavy atom. The number of anilines is 2. The zero-order valence-corrected chi connectivity index (χ0v) is 11.0. The van der Waals surface area contributed by atoms with Gasteiger partial charge in [-0.05, 0) is 24.3 Å². The molecule has 0 radical (unpaired) electrons. The summed E-state index contributed by atoms with van der Waals surface area (Å²) >= 11 is 5.95. The molecule has 100 valence electrons. The van der Waals surface area contributed by atoms with Crippen LogP contribution in [0.2, 0.25) is 5.02 Å². The number of rotatable bonds is 3. The molecule has 1 aromatic carbocycles. The number of aromatic nitrogens is 3. The van der Waals surface area contributed by atoms with E-state index in [2.05, 4.69) is 25.4 Å². The third kappa shape index (κ3) is 2.41. The molecule has 0 aliphatic rings. The first-order chi connectivity index (χ1) is 9.76. The average molecular weight is 288 g/mol. The topological polar surface area (TPSA) is 86.2 Å². The number of H-pyrrole nitrogens is 1. The van der Waals surface area contributed by atoms with Crippen LogP contribution >= 0.6 is 11.6 Å². The second kappa shape index (κ2) is 5.18. The molecule has 2 heterocycles. The van der Waals surface area contributed by atoms with Crippen molar-refractivity contribution in [2.75, 3.05) is 5.32 Å². The predicted molar refractivity (Wildman–Crippen MR) is 78.0 cm³/mol. The number of nitrogens with one attached hydrogen (secondary N) is 2. The molecule has 0 saturated heterocycles. The van der Waals surface area contributed by atoms with Gasteiger partial charge in [-0.3, -0.25) is 0 Å². The van der Waals surface area contributed by atoms with E-state index in [0.29, 0.717) is 22.2 Å². The molecule has 0 bridgehead atoms. The van der Waals surface area contributed by atoms with Gasteiger partial charge in [0, 0.05) is 10.7 Å². The number of fused-ring (bicyclic) bond motifs is 1. The summed E-state index contributed by atoms with van der Waals surface area (Å²) in [6.45, 7) is 0. The Morgan fingerprint density at radius 3 is 3.00 bits per heavy atom. The summed E-state index contributed by atoms with van der Waals surface area (Å²) in [6.07, 6.45) is 2.75. The Labute approximate surface area is 119 Å². The van der Waals surface area contributed by atoms with E-state index in [1.54, 1.807) is 18.2 Å². The summed E-state index contributed by atoms with van der Waals surface area (Å²) in [4.78, 5) is 11.3. The second-order valence-electron chi connectivity index (χ2n) is 4.09. The fraction of sp³-hybridized carbons (Fsp3) is 0. The maximum absolute atomic E-state index is 8.56. The van der Waals surface area contributed by atoms with Crippen molar-refractivity contribution >= 4 is 40.4 Å². The Hall–Kier alpha value is -2.60. The lowest BCUT2D eigenvalue weighted by Gasteiger charge is -2.06. The molecule has 3 aromatic rings. The van der Waals surface area contributed by atoms with Gasteiger partial charge in [0.2, 0.25) is 0 Å². The Kier molecular flexibility index (Phi) is 3.22. The van der Waals surface area contributed by atoms with Gasteiger partial charge in [-0.15, -0.1) is 0 Å². The van der Waals surface area contributed by atoms with Crippen LogP contribution in [0.15, 0.2) is 41.8 Å². The zero-order valence-electron chi connectivity index (χ0n) is 10.2. The van der Waals surface area contributed by atoms with Gasteiger partial charge in [0.25, 0.3) is 0 Å². The quantitative estimate of drug-likeness (QED) is 0.392. The molecule has 0 unspecified atom stereocenters. The third-order valence-electron chi connectivity index (χ3n) is 2.73. The zero-order chi connectivity index (χ0) is 13.9. The molecular weight excluding hydrogens is 278 g/mol. The minimum absolute atomic E-state index is 0.636. The number of halogens is 1. The third-order valence-corrected chi connectivity index (χ3v) is 2.97. The molecule has 0 aliphatic heterocycles. The summed E-state index contributed by atoms with van der Waals surface area (Å²) < 4.78 is 0. The fourth-order valence-electron chi connectivity index (χ4n) is 1.89. The highest BCUT2D eigenvalue weighted by atomic mass is 35.5. The molecule has 20 heavy (non-hydrogen) atoms. The van der Waals surface area contributed by atoms with Gasteiger partial charge < -0.3 is 15.5 Å². The van der Waals surface area contributed by atoms with Crippen LogP contribution in [0.3, 0.4) is 0 Å². The van der Waals surface area contributed by atoms with Crippen molar-refractivity contribution in [2.45, 2.75) is 0 Å². The standard InChI is InChI=1S/C13H10ClN5O/c14-8-2-1-3-9(4-8)18-12-11-5-10(6-17-20)19-13(11)16-7-15-12/h1-7,20H,(H2,15,16,18,19)/b17-6+. The van der Waals surface area contributed by atoms with E-state index >= 15 is 0 Å². The number of hydrogen-bond donors (Lipinski definition) is 3. The van der Waals surface area contributed by atoms with Crippen molar-refractivity contribution < 1.29 is 5.21 Å². The van der Waals surface area contributed by atoms with Crippen LogP contribution in [0, 0.1) is 0 Å². The van der Waals surface area contributed by atoms with E-state index in [1.807, 2.05) is 12.1 Å².